The van der Waals surface area contributed by atoms with E-state index in [2.05, 4.69) is 40.1 Å². The summed E-state index contributed by atoms with van der Waals surface area (Å²) in [6.07, 6.45) is 8.35. The van der Waals surface area contributed by atoms with Crippen molar-refractivity contribution in [3.8, 4) is 0 Å². The van der Waals surface area contributed by atoms with Crippen LogP contribution in [0.3, 0.4) is 0 Å². The van der Waals surface area contributed by atoms with Crippen LogP contribution in [-0.4, -0.2) is 13.6 Å². The van der Waals surface area contributed by atoms with Gasteiger partial charge in [-0.3, -0.25) is 0 Å². The number of hydrogen-bond acceptors (Lipinski definition) is 1. The van der Waals surface area contributed by atoms with Crippen molar-refractivity contribution in [2.75, 3.05) is 13.6 Å². The smallest absolute Gasteiger partial charge is 0.00233 e. The molecule has 1 heteroatoms. The van der Waals surface area contributed by atoms with Crippen molar-refractivity contribution in [2.45, 2.75) is 66.2 Å². The van der Waals surface area contributed by atoms with Gasteiger partial charge in [0.25, 0.3) is 0 Å². The highest BCUT2D eigenvalue weighted by Gasteiger charge is 2.15. The van der Waals surface area contributed by atoms with E-state index in [1.165, 1.54) is 45.1 Å². The van der Waals surface area contributed by atoms with Gasteiger partial charge in [-0.2, -0.15) is 0 Å². The third-order valence-corrected chi connectivity index (χ3v) is 3.51. The average Bonchev–Trinajstić information content (AvgIpc) is 2.23. The lowest BCUT2D eigenvalue weighted by molar-refractivity contribution is 0.294. The number of rotatable bonds is 10. The zero-order valence-electron chi connectivity index (χ0n) is 12.2. The largest absolute Gasteiger partial charge is 0.319 e. The summed E-state index contributed by atoms with van der Waals surface area (Å²) in [6.45, 7) is 10.5. The van der Waals surface area contributed by atoms with Crippen LogP contribution < -0.4 is 5.32 Å². The minimum atomic E-state index is 0.835. The first kappa shape index (κ1) is 16.0. The van der Waals surface area contributed by atoms with Crippen LogP contribution in [0.4, 0.5) is 0 Å². The molecule has 0 aromatic rings. The van der Waals surface area contributed by atoms with E-state index in [0.717, 1.165) is 17.8 Å². The number of unbranched alkanes of at least 4 members (excludes halogenated alkanes) is 1. The van der Waals surface area contributed by atoms with E-state index >= 15 is 0 Å². The van der Waals surface area contributed by atoms with Crippen LogP contribution in [0.1, 0.15) is 66.2 Å². The molecule has 0 aliphatic carbocycles. The zero-order valence-corrected chi connectivity index (χ0v) is 12.2. The van der Waals surface area contributed by atoms with Crippen LogP contribution >= 0.6 is 0 Å². The van der Waals surface area contributed by atoms with Gasteiger partial charge in [0.2, 0.25) is 0 Å². The third kappa shape index (κ3) is 8.15. The molecule has 2 unspecified atom stereocenters. The summed E-state index contributed by atoms with van der Waals surface area (Å²) in [5.41, 5.74) is 0. The molecular weight excluding hydrogens is 194 g/mol. The van der Waals surface area contributed by atoms with Crippen LogP contribution in [0.5, 0.6) is 0 Å². The van der Waals surface area contributed by atoms with Gasteiger partial charge in [-0.1, -0.05) is 53.4 Å². The highest BCUT2D eigenvalue weighted by molar-refractivity contribution is 4.69. The lowest BCUT2D eigenvalue weighted by Gasteiger charge is -2.24. The topological polar surface area (TPSA) is 12.0 Å². The number of hydrogen-bond donors (Lipinski definition) is 1. The second kappa shape index (κ2) is 10.1. The maximum Gasteiger partial charge on any atom is -0.00233 e. The maximum atomic E-state index is 3.36. The SMILES string of the molecule is CCCCC(CC)CC(CNC)CC(C)C. The normalized spacial score (nSPS) is 15.4. The van der Waals surface area contributed by atoms with E-state index in [1.54, 1.807) is 0 Å². The highest BCUT2D eigenvalue weighted by atomic mass is 14.8. The molecule has 0 aliphatic rings. The molecule has 0 spiro atoms. The van der Waals surface area contributed by atoms with Crippen molar-refractivity contribution in [3.63, 3.8) is 0 Å². The van der Waals surface area contributed by atoms with Gasteiger partial charge >= 0.3 is 0 Å². The van der Waals surface area contributed by atoms with E-state index in [-0.39, 0.29) is 0 Å². The second-order valence-corrected chi connectivity index (χ2v) is 5.71. The fourth-order valence-corrected chi connectivity index (χ4v) is 2.67. The van der Waals surface area contributed by atoms with Crippen LogP contribution in [-0.2, 0) is 0 Å². The van der Waals surface area contributed by atoms with E-state index < -0.39 is 0 Å². The predicted molar refractivity (Wildman–Crippen MR) is 74.8 cm³/mol. The van der Waals surface area contributed by atoms with E-state index in [0.29, 0.717) is 0 Å². The van der Waals surface area contributed by atoms with Gasteiger partial charge in [0.15, 0.2) is 0 Å². The summed E-state index contributed by atoms with van der Waals surface area (Å²) in [6, 6.07) is 0. The summed E-state index contributed by atoms with van der Waals surface area (Å²) in [4.78, 5) is 0. The summed E-state index contributed by atoms with van der Waals surface area (Å²) >= 11 is 0. The third-order valence-electron chi connectivity index (χ3n) is 3.51. The molecule has 0 fully saturated rings. The Labute approximate surface area is 103 Å². The summed E-state index contributed by atoms with van der Waals surface area (Å²) in [5.74, 6) is 2.67. The molecule has 1 nitrogen and oxygen atoms in total. The molecule has 1 N–H and O–H groups in total. The molecule has 0 bridgehead atoms. The lowest BCUT2D eigenvalue weighted by Crippen LogP contribution is -2.22. The van der Waals surface area contributed by atoms with Crippen molar-refractivity contribution in [1.29, 1.82) is 0 Å². The molecule has 0 radical (unpaired) electrons. The Hall–Kier alpha value is -0.0400. The van der Waals surface area contributed by atoms with Crippen LogP contribution in [0.15, 0.2) is 0 Å². The molecule has 0 aromatic carbocycles. The fourth-order valence-electron chi connectivity index (χ4n) is 2.67. The minimum absolute atomic E-state index is 0.835. The van der Waals surface area contributed by atoms with Gasteiger partial charge in [-0.05, 0) is 44.2 Å². The Balaban J connectivity index is 4.00. The molecule has 0 rings (SSSR count). The Morgan fingerprint density at radius 1 is 1.00 bits per heavy atom. The van der Waals surface area contributed by atoms with Crippen molar-refractivity contribution in [2.24, 2.45) is 17.8 Å². The van der Waals surface area contributed by atoms with E-state index in [4.69, 9.17) is 0 Å². The molecule has 0 heterocycles. The molecule has 2 atom stereocenters. The highest BCUT2D eigenvalue weighted by Crippen LogP contribution is 2.25. The van der Waals surface area contributed by atoms with Gasteiger partial charge in [0.1, 0.15) is 0 Å². The minimum Gasteiger partial charge on any atom is -0.319 e. The van der Waals surface area contributed by atoms with E-state index in [9.17, 15) is 0 Å². The molecule has 0 aliphatic heterocycles. The first-order valence-corrected chi connectivity index (χ1v) is 7.28. The molecule has 0 saturated carbocycles. The zero-order chi connectivity index (χ0) is 12.4. The first-order chi connectivity index (χ1) is 7.63. The van der Waals surface area contributed by atoms with Gasteiger partial charge in [-0.15, -0.1) is 0 Å². The first-order valence-electron chi connectivity index (χ1n) is 7.28. The molecular formula is C15H33N. The fraction of sp³-hybridized carbons (Fsp3) is 1.00. The van der Waals surface area contributed by atoms with Crippen molar-refractivity contribution >= 4 is 0 Å². The Kier molecular flexibility index (Phi) is 10.1. The summed E-state index contributed by atoms with van der Waals surface area (Å²) in [7, 11) is 2.08. The van der Waals surface area contributed by atoms with Crippen LogP contribution in [0.25, 0.3) is 0 Å². The standard InChI is InChI=1S/C15H33N/c1-6-8-9-14(7-2)11-15(12-16-5)10-13(3)4/h13-16H,6-12H2,1-5H3. The summed E-state index contributed by atoms with van der Waals surface area (Å²) < 4.78 is 0. The van der Waals surface area contributed by atoms with Crippen molar-refractivity contribution < 1.29 is 0 Å². The predicted octanol–water partition coefficient (Wildman–Crippen LogP) is 4.47. The second-order valence-electron chi connectivity index (χ2n) is 5.71. The summed E-state index contributed by atoms with van der Waals surface area (Å²) in [5, 5.41) is 3.36. The van der Waals surface area contributed by atoms with Gasteiger partial charge in [0.05, 0.1) is 0 Å². The lowest BCUT2D eigenvalue weighted by atomic mass is 9.84. The van der Waals surface area contributed by atoms with Crippen LogP contribution in [0, 0.1) is 17.8 Å². The molecule has 0 amide bonds. The molecule has 16 heavy (non-hydrogen) atoms. The van der Waals surface area contributed by atoms with E-state index in [1.807, 2.05) is 0 Å². The molecule has 0 aromatic heterocycles. The average molecular weight is 227 g/mol. The van der Waals surface area contributed by atoms with Crippen molar-refractivity contribution in [3.05, 3.63) is 0 Å². The Bertz CT molecular complexity index is 142. The van der Waals surface area contributed by atoms with Crippen LogP contribution in [0.2, 0.25) is 0 Å². The Morgan fingerprint density at radius 2 is 1.69 bits per heavy atom. The Morgan fingerprint density at radius 3 is 2.12 bits per heavy atom. The monoisotopic (exact) mass is 227 g/mol. The number of nitrogens with one attached hydrogen (secondary N) is 1. The van der Waals surface area contributed by atoms with Gasteiger partial charge in [0, 0.05) is 0 Å². The van der Waals surface area contributed by atoms with Crippen molar-refractivity contribution in [1.82, 2.24) is 5.32 Å². The quantitative estimate of drug-likeness (QED) is 0.580. The van der Waals surface area contributed by atoms with Gasteiger partial charge < -0.3 is 5.32 Å². The molecule has 98 valence electrons. The molecule has 0 saturated heterocycles. The van der Waals surface area contributed by atoms with Gasteiger partial charge in [-0.25, -0.2) is 0 Å². The maximum absolute atomic E-state index is 3.36.